The van der Waals surface area contributed by atoms with Gasteiger partial charge in [0.2, 0.25) is 0 Å². The van der Waals surface area contributed by atoms with E-state index in [2.05, 4.69) is 32.3 Å². The van der Waals surface area contributed by atoms with Crippen molar-refractivity contribution in [3.05, 3.63) is 23.8 Å². The van der Waals surface area contributed by atoms with Crippen LogP contribution in [-0.4, -0.2) is 13.2 Å². The van der Waals surface area contributed by atoms with Crippen LogP contribution >= 0.6 is 0 Å². The number of rotatable bonds is 4. The third-order valence-corrected chi connectivity index (χ3v) is 3.36. The molecule has 0 spiro atoms. The van der Waals surface area contributed by atoms with Gasteiger partial charge in [0.05, 0.1) is 0 Å². The van der Waals surface area contributed by atoms with Crippen LogP contribution in [0.3, 0.4) is 0 Å². The van der Waals surface area contributed by atoms with Crippen LogP contribution in [-0.2, 0) is 0 Å². The largest absolute Gasteiger partial charge is 0.486 e. The van der Waals surface area contributed by atoms with Crippen molar-refractivity contribution in [1.29, 1.82) is 0 Å². The van der Waals surface area contributed by atoms with Gasteiger partial charge >= 0.3 is 0 Å². The fourth-order valence-electron chi connectivity index (χ4n) is 2.28. The van der Waals surface area contributed by atoms with Gasteiger partial charge in [-0.15, -0.1) is 0 Å². The monoisotopic (exact) mass is 264 g/mol. The second-order valence-electron chi connectivity index (χ2n) is 6.19. The quantitative estimate of drug-likeness (QED) is 0.648. The molecule has 0 aliphatic carbocycles. The maximum absolute atomic E-state index is 5.75. The van der Waals surface area contributed by atoms with Crippen LogP contribution in [0.5, 0.6) is 11.5 Å². The number of hydrogen-bond acceptors (Lipinski definition) is 4. The Bertz CT molecular complexity index is 427. The van der Waals surface area contributed by atoms with Crippen molar-refractivity contribution in [3.8, 4) is 11.5 Å². The lowest BCUT2D eigenvalue weighted by atomic mass is 9.87. The summed E-state index contributed by atoms with van der Waals surface area (Å²) < 4.78 is 11.4. The number of para-hydroxylation sites is 1. The molecule has 1 atom stereocenters. The van der Waals surface area contributed by atoms with E-state index in [1.54, 1.807) is 0 Å². The van der Waals surface area contributed by atoms with E-state index in [0.29, 0.717) is 18.6 Å². The highest BCUT2D eigenvalue weighted by molar-refractivity contribution is 5.48. The van der Waals surface area contributed by atoms with Crippen molar-refractivity contribution in [1.82, 2.24) is 5.43 Å². The molecule has 1 aliphatic heterocycles. The predicted molar refractivity (Wildman–Crippen MR) is 76.2 cm³/mol. The summed E-state index contributed by atoms with van der Waals surface area (Å²) in [4.78, 5) is 0. The van der Waals surface area contributed by atoms with Crippen molar-refractivity contribution in [3.63, 3.8) is 0 Å². The average Bonchev–Trinajstić information content (AvgIpc) is 2.38. The predicted octanol–water partition coefficient (Wildman–Crippen LogP) is 2.79. The van der Waals surface area contributed by atoms with Crippen LogP contribution in [0.25, 0.3) is 0 Å². The smallest absolute Gasteiger partial charge is 0.166 e. The van der Waals surface area contributed by atoms with Crippen molar-refractivity contribution >= 4 is 0 Å². The summed E-state index contributed by atoms with van der Waals surface area (Å²) in [6.45, 7) is 7.92. The minimum atomic E-state index is 0.0934. The highest BCUT2D eigenvalue weighted by atomic mass is 16.6. The van der Waals surface area contributed by atoms with Gasteiger partial charge in [-0.3, -0.25) is 11.3 Å². The normalized spacial score (nSPS) is 16.2. The average molecular weight is 264 g/mol. The minimum Gasteiger partial charge on any atom is -0.486 e. The third kappa shape index (κ3) is 3.61. The highest BCUT2D eigenvalue weighted by Crippen LogP contribution is 2.39. The molecule has 0 radical (unpaired) electrons. The third-order valence-electron chi connectivity index (χ3n) is 3.36. The number of nitrogens with two attached hydrogens (primary N) is 1. The van der Waals surface area contributed by atoms with Gasteiger partial charge in [-0.05, 0) is 24.3 Å². The molecule has 19 heavy (non-hydrogen) atoms. The number of fused-ring (bicyclic) bond motifs is 1. The summed E-state index contributed by atoms with van der Waals surface area (Å²) in [7, 11) is 0. The summed E-state index contributed by atoms with van der Waals surface area (Å²) in [5.41, 5.74) is 4.29. The van der Waals surface area contributed by atoms with Gasteiger partial charge in [-0.2, -0.15) is 0 Å². The van der Waals surface area contributed by atoms with E-state index >= 15 is 0 Å². The molecule has 3 N–H and O–H groups in total. The van der Waals surface area contributed by atoms with E-state index in [4.69, 9.17) is 15.3 Å². The second kappa shape index (κ2) is 5.80. The topological polar surface area (TPSA) is 56.5 Å². The van der Waals surface area contributed by atoms with E-state index in [-0.39, 0.29) is 6.04 Å². The molecule has 106 valence electrons. The van der Waals surface area contributed by atoms with Gasteiger partial charge < -0.3 is 9.47 Å². The Kier molecular flexibility index (Phi) is 4.32. The molecular weight excluding hydrogens is 240 g/mol. The summed E-state index contributed by atoms with van der Waals surface area (Å²) in [5.74, 6) is 7.38. The molecule has 0 fully saturated rings. The van der Waals surface area contributed by atoms with Gasteiger partial charge in [-0.25, -0.2) is 0 Å². The first-order valence-corrected chi connectivity index (χ1v) is 6.86. The Balaban J connectivity index is 2.18. The Morgan fingerprint density at radius 2 is 2.00 bits per heavy atom. The summed E-state index contributed by atoms with van der Waals surface area (Å²) in [6.07, 6.45) is 2.06. The zero-order valence-electron chi connectivity index (χ0n) is 12.0. The van der Waals surface area contributed by atoms with Gasteiger partial charge in [0.15, 0.2) is 11.5 Å². The fourth-order valence-corrected chi connectivity index (χ4v) is 2.28. The molecule has 1 unspecified atom stereocenters. The molecule has 1 aliphatic rings. The molecule has 2 rings (SSSR count). The Morgan fingerprint density at radius 1 is 1.26 bits per heavy atom. The first-order chi connectivity index (χ1) is 9.01. The Hall–Kier alpha value is -1.26. The maximum Gasteiger partial charge on any atom is 0.166 e. The zero-order valence-corrected chi connectivity index (χ0v) is 12.0. The molecular formula is C15H24N2O2. The van der Waals surface area contributed by atoms with Crippen LogP contribution in [0.1, 0.15) is 45.2 Å². The van der Waals surface area contributed by atoms with Crippen LogP contribution in [0.4, 0.5) is 0 Å². The zero-order chi connectivity index (χ0) is 13.9. The van der Waals surface area contributed by atoms with Crippen molar-refractivity contribution in [2.24, 2.45) is 11.3 Å². The number of nitrogens with one attached hydrogen (secondary N) is 1. The van der Waals surface area contributed by atoms with E-state index in [1.165, 1.54) is 0 Å². The molecule has 0 amide bonds. The lowest BCUT2D eigenvalue weighted by Crippen LogP contribution is -2.30. The van der Waals surface area contributed by atoms with E-state index in [9.17, 15) is 0 Å². The van der Waals surface area contributed by atoms with Crippen LogP contribution in [0.2, 0.25) is 0 Å². The van der Waals surface area contributed by atoms with E-state index in [1.807, 2.05) is 12.1 Å². The summed E-state index contributed by atoms with van der Waals surface area (Å²) in [6, 6.07) is 6.08. The first-order valence-electron chi connectivity index (χ1n) is 6.86. The van der Waals surface area contributed by atoms with E-state index < -0.39 is 0 Å². The van der Waals surface area contributed by atoms with E-state index in [0.717, 1.165) is 29.9 Å². The van der Waals surface area contributed by atoms with Crippen molar-refractivity contribution in [2.45, 2.75) is 39.7 Å². The standard InChI is InChI=1S/C15H24N2O2/c1-15(2,3)8-7-12(17-16)11-5-4-6-13-14(11)19-10-9-18-13/h4-6,12,17H,7-10,16H2,1-3H3. The number of hydrazine groups is 1. The molecule has 0 bridgehead atoms. The molecule has 0 saturated heterocycles. The van der Waals surface area contributed by atoms with Gasteiger partial charge in [0.1, 0.15) is 13.2 Å². The Labute approximate surface area is 115 Å². The minimum absolute atomic E-state index is 0.0934. The number of ether oxygens (including phenoxy) is 2. The Morgan fingerprint density at radius 3 is 2.68 bits per heavy atom. The maximum atomic E-state index is 5.75. The number of hydrogen-bond donors (Lipinski definition) is 2. The van der Waals surface area contributed by atoms with Gasteiger partial charge in [0, 0.05) is 11.6 Å². The molecule has 1 heterocycles. The lowest BCUT2D eigenvalue weighted by molar-refractivity contribution is 0.168. The molecule has 0 aromatic heterocycles. The van der Waals surface area contributed by atoms with Crippen LogP contribution in [0.15, 0.2) is 18.2 Å². The first kappa shape index (κ1) is 14.2. The molecule has 1 aromatic carbocycles. The molecule has 4 heteroatoms. The van der Waals surface area contributed by atoms with Gasteiger partial charge in [0.25, 0.3) is 0 Å². The highest BCUT2D eigenvalue weighted by Gasteiger charge is 2.22. The molecule has 0 saturated carbocycles. The van der Waals surface area contributed by atoms with Crippen LogP contribution in [0, 0.1) is 5.41 Å². The second-order valence-corrected chi connectivity index (χ2v) is 6.19. The van der Waals surface area contributed by atoms with Crippen molar-refractivity contribution < 1.29 is 9.47 Å². The molecule has 1 aromatic rings. The SMILES string of the molecule is CC(C)(C)CCC(NN)c1cccc2c1OCCO2. The fraction of sp³-hybridized carbons (Fsp3) is 0.600. The van der Waals surface area contributed by atoms with Gasteiger partial charge in [-0.1, -0.05) is 32.9 Å². The number of benzene rings is 1. The lowest BCUT2D eigenvalue weighted by Gasteiger charge is -2.27. The van der Waals surface area contributed by atoms with Crippen molar-refractivity contribution in [2.75, 3.05) is 13.2 Å². The molecule has 4 nitrogen and oxygen atoms in total. The van der Waals surface area contributed by atoms with Crippen LogP contribution < -0.4 is 20.7 Å². The summed E-state index contributed by atoms with van der Waals surface area (Å²) >= 11 is 0. The summed E-state index contributed by atoms with van der Waals surface area (Å²) in [5, 5.41) is 0.